The molecule has 0 bridgehead atoms. The minimum Gasteiger partial charge on any atom is -0.486 e. The first kappa shape index (κ1) is 14.9. The molecule has 2 aromatic rings. The molecular formula is C15H17NO5S. The number of fused-ring (bicyclic) bond motifs is 1. The van der Waals surface area contributed by atoms with Crippen molar-refractivity contribution in [2.75, 3.05) is 13.2 Å². The van der Waals surface area contributed by atoms with Gasteiger partial charge in [-0.2, -0.15) is 0 Å². The maximum Gasteiger partial charge on any atom is 0.240 e. The Hall–Kier alpha value is -1.99. The lowest BCUT2D eigenvalue weighted by Crippen LogP contribution is -2.34. The highest BCUT2D eigenvalue weighted by atomic mass is 32.2. The van der Waals surface area contributed by atoms with Crippen molar-refractivity contribution >= 4 is 10.0 Å². The predicted octanol–water partition coefficient (Wildman–Crippen LogP) is 1.96. The summed E-state index contributed by atoms with van der Waals surface area (Å²) in [6.45, 7) is 2.68. The van der Waals surface area contributed by atoms with E-state index in [0.29, 0.717) is 31.1 Å². The summed E-state index contributed by atoms with van der Waals surface area (Å²) < 4.78 is 43.5. The zero-order valence-electron chi connectivity index (χ0n) is 12.1. The maximum atomic E-state index is 12.4. The molecule has 22 heavy (non-hydrogen) atoms. The Morgan fingerprint density at radius 3 is 2.68 bits per heavy atom. The van der Waals surface area contributed by atoms with Crippen LogP contribution in [0.3, 0.4) is 0 Å². The molecule has 0 saturated heterocycles. The Balaban J connectivity index is 1.74. The summed E-state index contributed by atoms with van der Waals surface area (Å²) in [5.74, 6) is 1.75. The standard InChI is InChI=1S/C15H17NO5S/c1-11(9-12-3-2-6-19-12)16-22(17,18)13-4-5-14-15(10-13)21-8-7-20-14/h2-6,10-11,16H,7-9H2,1H3/t11-/m0/s1. The molecule has 1 aromatic carbocycles. The molecule has 0 unspecified atom stereocenters. The molecule has 0 spiro atoms. The van der Waals surface area contributed by atoms with Crippen LogP contribution in [-0.4, -0.2) is 27.7 Å². The van der Waals surface area contributed by atoms with Gasteiger partial charge >= 0.3 is 0 Å². The molecule has 1 aliphatic rings. The van der Waals surface area contributed by atoms with Gasteiger partial charge in [0.2, 0.25) is 10.0 Å². The zero-order chi connectivity index (χ0) is 15.6. The summed E-state index contributed by atoms with van der Waals surface area (Å²) in [4.78, 5) is 0.156. The molecule has 1 aliphatic heterocycles. The van der Waals surface area contributed by atoms with E-state index in [9.17, 15) is 8.42 Å². The van der Waals surface area contributed by atoms with Crippen molar-refractivity contribution in [2.24, 2.45) is 0 Å². The average Bonchev–Trinajstić information content (AvgIpc) is 2.99. The second kappa shape index (κ2) is 6.02. The predicted molar refractivity (Wildman–Crippen MR) is 79.6 cm³/mol. The summed E-state index contributed by atoms with van der Waals surface area (Å²) in [5, 5.41) is 0. The van der Waals surface area contributed by atoms with Crippen LogP contribution >= 0.6 is 0 Å². The minimum absolute atomic E-state index is 0.156. The van der Waals surface area contributed by atoms with Gasteiger partial charge in [-0.05, 0) is 31.2 Å². The smallest absolute Gasteiger partial charge is 0.240 e. The van der Waals surface area contributed by atoms with E-state index in [2.05, 4.69) is 4.72 Å². The minimum atomic E-state index is -3.62. The molecule has 0 amide bonds. The van der Waals surface area contributed by atoms with Crippen LogP contribution in [0.4, 0.5) is 0 Å². The van der Waals surface area contributed by atoms with E-state index in [0.717, 1.165) is 5.76 Å². The molecule has 2 heterocycles. The second-order valence-electron chi connectivity index (χ2n) is 5.11. The molecule has 1 aromatic heterocycles. The Labute approximate surface area is 129 Å². The van der Waals surface area contributed by atoms with Gasteiger partial charge in [0.25, 0.3) is 0 Å². The van der Waals surface area contributed by atoms with Crippen molar-refractivity contribution in [2.45, 2.75) is 24.3 Å². The Morgan fingerprint density at radius 2 is 1.95 bits per heavy atom. The highest BCUT2D eigenvalue weighted by Crippen LogP contribution is 2.32. The van der Waals surface area contributed by atoms with Crippen LogP contribution in [0.15, 0.2) is 45.9 Å². The number of benzene rings is 1. The highest BCUT2D eigenvalue weighted by molar-refractivity contribution is 7.89. The van der Waals surface area contributed by atoms with E-state index in [-0.39, 0.29) is 10.9 Å². The van der Waals surface area contributed by atoms with Gasteiger partial charge in [-0.15, -0.1) is 0 Å². The van der Waals surface area contributed by atoms with Crippen molar-refractivity contribution in [3.05, 3.63) is 42.4 Å². The number of rotatable bonds is 5. The van der Waals surface area contributed by atoms with Gasteiger partial charge in [0.05, 0.1) is 11.2 Å². The van der Waals surface area contributed by atoms with Crippen LogP contribution in [0.2, 0.25) is 0 Å². The van der Waals surface area contributed by atoms with Gasteiger partial charge in [0.1, 0.15) is 19.0 Å². The number of ether oxygens (including phenoxy) is 2. The average molecular weight is 323 g/mol. The van der Waals surface area contributed by atoms with E-state index in [1.807, 2.05) is 6.07 Å². The first-order valence-corrected chi connectivity index (χ1v) is 8.47. The van der Waals surface area contributed by atoms with Gasteiger partial charge in [-0.25, -0.2) is 13.1 Å². The fourth-order valence-electron chi connectivity index (χ4n) is 2.30. The molecule has 0 saturated carbocycles. The lowest BCUT2D eigenvalue weighted by atomic mass is 10.2. The number of hydrogen-bond donors (Lipinski definition) is 1. The summed E-state index contributed by atoms with van der Waals surface area (Å²) >= 11 is 0. The van der Waals surface area contributed by atoms with Gasteiger partial charge < -0.3 is 13.9 Å². The fraction of sp³-hybridized carbons (Fsp3) is 0.333. The van der Waals surface area contributed by atoms with Crippen molar-refractivity contribution in [1.82, 2.24) is 4.72 Å². The quantitative estimate of drug-likeness (QED) is 0.910. The monoisotopic (exact) mass is 323 g/mol. The Morgan fingerprint density at radius 1 is 1.18 bits per heavy atom. The van der Waals surface area contributed by atoms with E-state index in [1.54, 1.807) is 25.3 Å². The zero-order valence-corrected chi connectivity index (χ0v) is 12.9. The third-order valence-corrected chi connectivity index (χ3v) is 4.85. The molecular weight excluding hydrogens is 306 g/mol. The van der Waals surface area contributed by atoms with E-state index in [1.165, 1.54) is 12.1 Å². The Kier molecular flexibility index (Phi) is 4.08. The van der Waals surface area contributed by atoms with Crippen LogP contribution in [0.25, 0.3) is 0 Å². The summed E-state index contributed by atoms with van der Waals surface area (Å²) in [6.07, 6.45) is 2.05. The first-order valence-electron chi connectivity index (χ1n) is 6.99. The van der Waals surface area contributed by atoms with Crippen LogP contribution in [0, 0.1) is 0 Å². The number of hydrogen-bond acceptors (Lipinski definition) is 5. The summed E-state index contributed by atoms with van der Waals surface area (Å²) in [6, 6.07) is 7.91. The largest absolute Gasteiger partial charge is 0.486 e. The van der Waals surface area contributed by atoms with Crippen LogP contribution in [0.1, 0.15) is 12.7 Å². The van der Waals surface area contributed by atoms with Gasteiger partial charge in [0.15, 0.2) is 11.5 Å². The lowest BCUT2D eigenvalue weighted by molar-refractivity contribution is 0.171. The van der Waals surface area contributed by atoms with Gasteiger partial charge in [0, 0.05) is 18.5 Å². The van der Waals surface area contributed by atoms with E-state index in [4.69, 9.17) is 13.9 Å². The van der Waals surface area contributed by atoms with Crippen LogP contribution in [-0.2, 0) is 16.4 Å². The van der Waals surface area contributed by atoms with Gasteiger partial charge in [-0.1, -0.05) is 0 Å². The number of sulfonamides is 1. The summed E-state index contributed by atoms with van der Waals surface area (Å²) in [7, 11) is -3.62. The first-order chi connectivity index (χ1) is 10.5. The normalized spacial score (nSPS) is 15.5. The van der Waals surface area contributed by atoms with Crippen molar-refractivity contribution in [1.29, 1.82) is 0 Å². The number of furan rings is 1. The lowest BCUT2D eigenvalue weighted by Gasteiger charge is -2.19. The third kappa shape index (κ3) is 3.26. The molecule has 7 heteroatoms. The van der Waals surface area contributed by atoms with E-state index < -0.39 is 10.0 Å². The van der Waals surface area contributed by atoms with E-state index >= 15 is 0 Å². The van der Waals surface area contributed by atoms with Crippen molar-refractivity contribution < 1.29 is 22.3 Å². The second-order valence-corrected chi connectivity index (χ2v) is 6.83. The summed E-state index contributed by atoms with van der Waals surface area (Å²) in [5.41, 5.74) is 0. The van der Waals surface area contributed by atoms with Crippen molar-refractivity contribution in [3.63, 3.8) is 0 Å². The van der Waals surface area contributed by atoms with Crippen molar-refractivity contribution in [3.8, 4) is 11.5 Å². The Bertz CT molecular complexity index is 739. The van der Waals surface area contributed by atoms with Gasteiger partial charge in [-0.3, -0.25) is 0 Å². The molecule has 6 nitrogen and oxygen atoms in total. The molecule has 118 valence electrons. The molecule has 1 N–H and O–H groups in total. The molecule has 0 fully saturated rings. The van der Waals surface area contributed by atoms with Crippen LogP contribution < -0.4 is 14.2 Å². The SMILES string of the molecule is C[C@@H](Cc1ccco1)NS(=O)(=O)c1ccc2c(c1)OCCO2. The molecule has 1 atom stereocenters. The highest BCUT2D eigenvalue weighted by Gasteiger charge is 2.21. The maximum absolute atomic E-state index is 12.4. The molecule has 3 rings (SSSR count). The molecule has 0 aliphatic carbocycles. The fourth-order valence-corrected chi connectivity index (χ4v) is 3.55. The van der Waals surface area contributed by atoms with Crippen LogP contribution in [0.5, 0.6) is 11.5 Å². The molecule has 0 radical (unpaired) electrons. The third-order valence-electron chi connectivity index (χ3n) is 3.27. The topological polar surface area (TPSA) is 77.8 Å². The number of nitrogens with one attached hydrogen (secondary N) is 1.